The van der Waals surface area contributed by atoms with Gasteiger partial charge in [0.1, 0.15) is 11.5 Å². The van der Waals surface area contributed by atoms with E-state index in [0.717, 1.165) is 5.56 Å². The largest absolute Gasteiger partial charge is 0.467 e. The molecule has 7 heteroatoms. The molecule has 2 aromatic heterocycles. The minimum Gasteiger partial charge on any atom is -0.467 e. The van der Waals surface area contributed by atoms with E-state index in [-0.39, 0.29) is 12.6 Å². The van der Waals surface area contributed by atoms with Gasteiger partial charge in [-0.25, -0.2) is 4.79 Å². The molecule has 3 amide bonds. The van der Waals surface area contributed by atoms with Gasteiger partial charge in [0, 0.05) is 12.1 Å². The van der Waals surface area contributed by atoms with Gasteiger partial charge in [0.2, 0.25) is 5.91 Å². The summed E-state index contributed by atoms with van der Waals surface area (Å²) in [6.07, 6.45) is 3.13. The van der Waals surface area contributed by atoms with Crippen LogP contribution >= 0.6 is 0 Å². The number of amides is 3. The van der Waals surface area contributed by atoms with E-state index in [1.165, 1.54) is 0 Å². The van der Waals surface area contributed by atoms with Gasteiger partial charge in [0.15, 0.2) is 0 Å². The van der Waals surface area contributed by atoms with Crippen LogP contribution in [0.4, 0.5) is 4.79 Å². The standard InChI is InChI=1S/C19H19N3O4/c20-18(23)15-5-1-4-14(10-15)11-21-19(24)22(12-16-6-2-8-25-16)13-17-7-3-9-26-17/h1-10H,11-13H2,(H2,20,23)(H,21,24). The highest BCUT2D eigenvalue weighted by molar-refractivity contribution is 5.92. The Morgan fingerprint density at radius 3 is 2.15 bits per heavy atom. The van der Waals surface area contributed by atoms with Crippen molar-refractivity contribution < 1.29 is 18.4 Å². The molecule has 134 valence electrons. The van der Waals surface area contributed by atoms with E-state index in [1.54, 1.807) is 59.9 Å². The fraction of sp³-hybridized carbons (Fsp3) is 0.158. The number of hydrogen-bond acceptors (Lipinski definition) is 4. The van der Waals surface area contributed by atoms with E-state index < -0.39 is 5.91 Å². The van der Waals surface area contributed by atoms with E-state index in [4.69, 9.17) is 14.6 Å². The molecule has 26 heavy (non-hydrogen) atoms. The van der Waals surface area contributed by atoms with Gasteiger partial charge >= 0.3 is 6.03 Å². The highest BCUT2D eigenvalue weighted by Crippen LogP contribution is 2.12. The van der Waals surface area contributed by atoms with Crippen LogP contribution in [0.2, 0.25) is 0 Å². The van der Waals surface area contributed by atoms with Crippen LogP contribution in [0.3, 0.4) is 0 Å². The Hall–Kier alpha value is -3.48. The Balaban J connectivity index is 1.66. The SMILES string of the molecule is NC(=O)c1cccc(CNC(=O)N(Cc2ccco2)Cc2ccco2)c1. The van der Waals surface area contributed by atoms with Crippen molar-refractivity contribution in [3.05, 3.63) is 83.7 Å². The van der Waals surface area contributed by atoms with Crippen LogP contribution in [0.1, 0.15) is 27.4 Å². The summed E-state index contributed by atoms with van der Waals surface area (Å²) < 4.78 is 10.7. The summed E-state index contributed by atoms with van der Waals surface area (Å²) in [6, 6.07) is 13.7. The van der Waals surface area contributed by atoms with Crippen LogP contribution in [0.5, 0.6) is 0 Å². The molecule has 0 atom stereocenters. The topological polar surface area (TPSA) is 102 Å². The first-order valence-corrected chi connectivity index (χ1v) is 8.08. The normalized spacial score (nSPS) is 10.5. The molecule has 0 aliphatic rings. The highest BCUT2D eigenvalue weighted by atomic mass is 16.3. The van der Waals surface area contributed by atoms with Crippen molar-refractivity contribution in [3.8, 4) is 0 Å². The van der Waals surface area contributed by atoms with Crippen molar-refractivity contribution in [3.63, 3.8) is 0 Å². The van der Waals surface area contributed by atoms with Crippen LogP contribution in [0.25, 0.3) is 0 Å². The number of rotatable bonds is 7. The number of nitrogens with one attached hydrogen (secondary N) is 1. The highest BCUT2D eigenvalue weighted by Gasteiger charge is 2.17. The summed E-state index contributed by atoms with van der Waals surface area (Å²) in [5.74, 6) is 0.834. The van der Waals surface area contributed by atoms with Gasteiger partial charge in [0.05, 0.1) is 25.6 Å². The molecular weight excluding hydrogens is 334 g/mol. The van der Waals surface area contributed by atoms with E-state index in [9.17, 15) is 9.59 Å². The minimum absolute atomic E-state index is 0.271. The van der Waals surface area contributed by atoms with E-state index in [2.05, 4.69) is 5.32 Å². The van der Waals surface area contributed by atoms with Crippen molar-refractivity contribution in [1.29, 1.82) is 0 Å². The summed E-state index contributed by atoms with van der Waals surface area (Å²) in [5.41, 5.74) is 6.47. The zero-order valence-electron chi connectivity index (χ0n) is 14.1. The maximum atomic E-state index is 12.6. The second-order valence-corrected chi connectivity index (χ2v) is 5.74. The number of benzene rings is 1. The van der Waals surface area contributed by atoms with Crippen LogP contribution in [-0.2, 0) is 19.6 Å². The van der Waals surface area contributed by atoms with Gasteiger partial charge < -0.3 is 24.8 Å². The Morgan fingerprint density at radius 1 is 0.962 bits per heavy atom. The summed E-state index contributed by atoms with van der Waals surface area (Å²) in [4.78, 5) is 25.5. The Labute approximate surface area is 150 Å². The zero-order valence-corrected chi connectivity index (χ0v) is 14.1. The van der Waals surface area contributed by atoms with Gasteiger partial charge in [0.25, 0.3) is 0 Å². The zero-order chi connectivity index (χ0) is 18.4. The molecule has 0 bridgehead atoms. The number of carbonyl (C=O) groups excluding carboxylic acids is 2. The molecule has 3 N–H and O–H groups in total. The number of primary amides is 1. The molecule has 0 spiro atoms. The predicted molar refractivity (Wildman–Crippen MR) is 93.9 cm³/mol. The molecule has 3 aromatic rings. The molecule has 0 aliphatic heterocycles. The number of hydrogen-bond donors (Lipinski definition) is 2. The smallest absolute Gasteiger partial charge is 0.318 e. The quantitative estimate of drug-likeness (QED) is 0.682. The third-order valence-electron chi connectivity index (χ3n) is 3.80. The first-order valence-electron chi connectivity index (χ1n) is 8.08. The van der Waals surface area contributed by atoms with Crippen LogP contribution < -0.4 is 11.1 Å². The van der Waals surface area contributed by atoms with Crippen molar-refractivity contribution in [1.82, 2.24) is 10.2 Å². The number of nitrogens with zero attached hydrogens (tertiary/aromatic N) is 1. The summed E-state index contributed by atoms with van der Waals surface area (Å²) in [5, 5.41) is 2.84. The van der Waals surface area contributed by atoms with Crippen molar-refractivity contribution in [2.24, 2.45) is 5.73 Å². The summed E-state index contributed by atoms with van der Waals surface area (Å²) in [6.45, 7) is 0.883. The maximum Gasteiger partial charge on any atom is 0.318 e. The lowest BCUT2D eigenvalue weighted by molar-refractivity contribution is 0.1000. The number of nitrogens with two attached hydrogens (primary N) is 1. The number of carbonyl (C=O) groups is 2. The molecule has 1 aromatic carbocycles. The summed E-state index contributed by atoms with van der Waals surface area (Å²) in [7, 11) is 0. The van der Waals surface area contributed by atoms with E-state index in [0.29, 0.717) is 30.2 Å². The van der Waals surface area contributed by atoms with Crippen LogP contribution in [0, 0.1) is 0 Å². The molecule has 0 saturated carbocycles. The number of furan rings is 2. The monoisotopic (exact) mass is 353 g/mol. The Morgan fingerprint density at radius 2 is 1.62 bits per heavy atom. The molecule has 0 aliphatic carbocycles. The number of urea groups is 1. The summed E-state index contributed by atoms with van der Waals surface area (Å²) >= 11 is 0. The average molecular weight is 353 g/mol. The van der Waals surface area contributed by atoms with Crippen LogP contribution in [-0.4, -0.2) is 16.8 Å². The van der Waals surface area contributed by atoms with Gasteiger partial charge in [-0.1, -0.05) is 12.1 Å². The third-order valence-corrected chi connectivity index (χ3v) is 3.80. The maximum absolute atomic E-state index is 12.6. The van der Waals surface area contributed by atoms with E-state index in [1.807, 2.05) is 6.07 Å². The van der Waals surface area contributed by atoms with Crippen molar-refractivity contribution >= 4 is 11.9 Å². The lowest BCUT2D eigenvalue weighted by atomic mass is 10.1. The van der Waals surface area contributed by atoms with Gasteiger partial charge in [-0.05, 0) is 42.0 Å². The van der Waals surface area contributed by atoms with Crippen LogP contribution in [0.15, 0.2) is 69.9 Å². The lowest BCUT2D eigenvalue weighted by Crippen LogP contribution is -2.38. The molecule has 3 rings (SSSR count). The van der Waals surface area contributed by atoms with Crippen molar-refractivity contribution in [2.45, 2.75) is 19.6 Å². The lowest BCUT2D eigenvalue weighted by Gasteiger charge is -2.21. The molecule has 0 radical (unpaired) electrons. The van der Waals surface area contributed by atoms with Crippen molar-refractivity contribution in [2.75, 3.05) is 0 Å². The third kappa shape index (κ3) is 4.54. The average Bonchev–Trinajstić information content (AvgIpc) is 3.33. The molecular formula is C19H19N3O4. The molecule has 7 nitrogen and oxygen atoms in total. The predicted octanol–water partition coefficient (Wildman–Crippen LogP) is 2.88. The Kier molecular flexibility index (Phi) is 5.38. The second-order valence-electron chi connectivity index (χ2n) is 5.74. The fourth-order valence-corrected chi connectivity index (χ4v) is 2.50. The van der Waals surface area contributed by atoms with Gasteiger partial charge in [-0.3, -0.25) is 4.79 Å². The first-order chi connectivity index (χ1) is 12.6. The molecule has 0 saturated heterocycles. The van der Waals surface area contributed by atoms with E-state index >= 15 is 0 Å². The molecule has 0 fully saturated rings. The molecule has 2 heterocycles. The van der Waals surface area contributed by atoms with Gasteiger partial charge in [-0.15, -0.1) is 0 Å². The second kappa shape index (κ2) is 8.06. The minimum atomic E-state index is -0.504. The van der Waals surface area contributed by atoms with Gasteiger partial charge in [-0.2, -0.15) is 0 Å². The first kappa shape index (κ1) is 17.3. The Bertz CT molecular complexity index is 821. The molecule has 0 unspecified atom stereocenters. The fourth-order valence-electron chi connectivity index (χ4n) is 2.50.